The van der Waals surface area contributed by atoms with Crippen LogP contribution in [0.3, 0.4) is 0 Å². The Morgan fingerprint density at radius 1 is 1.22 bits per heavy atom. The summed E-state index contributed by atoms with van der Waals surface area (Å²) in [5.74, 6) is -0.354. The van der Waals surface area contributed by atoms with Crippen LogP contribution in [0.25, 0.3) is 12.2 Å². The van der Waals surface area contributed by atoms with Gasteiger partial charge < -0.3 is 4.74 Å². The summed E-state index contributed by atoms with van der Waals surface area (Å²) in [4.78, 5) is 12.1. The van der Waals surface area contributed by atoms with E-state index in [-0.39, 0.29) is 5.97 Å². The van der Waals surface area contributed by atoms with E-state index in [0.29, 0.717) is 5.56 Å². The summed E-state index contributed by atoms with van der Waals surface area (Å²) >= 11 is 3.42. The smallest absolute Gasteiger partial charge is 0.339 e. The quantitative estimate of drug-likeness (QED) is 0.757. The standard InChI is InChI=1S/C15H17BrO2/c1-6-10-11(7-2)13(16)9-8-12(10)14(17)18-15(3,4)5/h6-9H,1-2H2,3-5H3. The average molecular weight is 309 g/mol. The highest BCUT2D eigenvalue weighted by Gasteiger charge is 2.21. The Bertz CT molecular complexity index is 496. The molecule has 3 heteroatoms. The number of rotatable bonds is 3. The Kier molecular flexibility index (Phi) is 4.52. The molecular weight excluding hydrogens is 292 g/mol. The second kappa shape index (κ2) is 5.53. The highest BCUT2D eigenvalue weighted by molar-refractivity contribution is 9.10. The van der Waals surface area contributed by atoms with Crippen LogP contribution in [0.4, 0.5) is 0 Å². The van der Waals surface area contributed by atoms with E-state index in [4.69, 9.17) is 4.74 Å². The first kappa shape index (κ1) is 14.7. The van der Waals surface area contributed by atoms with Crippen LogP contribution in [-0.2, 0) is 4.74 Å². The van der Waals surface area contributed by atoms with Crippen molar-refractivity contribution >= 4 is 34.1 Å². The van der Waals surface area contributed by atoms with Gasteiger partial charge in [-0.2, -0.15) is 0 Å². The third kappa shape index (κ3) is 3.33. The lowest BCUT2D eigenvalue weighted by Gasteiger charge is -2.20. The fraction of sp³-hybridized carbons (Fsp3) is 0.267. The predicted molar refractivity (Wildman–Crippen MR) is 79.5 cm³/mol. The molecule has 0 amide bonds. The minimum absolute atomic E-state index is 0.354. The summed E-state index contributed by atoms with van der Waals surface area (Å²) in [6.07, 6.45) is 3.33. The molecule has 1 rings (SSSR count). The topological polar surface area (TPSA) is 26.3 Å². The molecule has 0 atom stereocenters. The number of carbonyl (C=O) groups excluding carboxylic acids is 1. The van der Waals surface area contributed by atoms with E-state index in [0.717, 1.165) is 15.6 Å². The fourth-order valence-electron chi connectivity index (χ4n) is 1.55. The van der Waals surface area contributed by atoms with Gasteiger partial charge in [0.2, 0.25) is 0 Å². The second-order valence-corrected chi connectivity index (χ2v) is 5.69. The molecule has 18 heavy (non-hydrogen) atoms. The van der Waals surface area contributed by atoms with E-state index < -0.39 is 5.60 Å². The lowest BCUT2D eigenvalue weighted by molar-refractivity contribution is 0.00693. The number of ether oxygens (including phenoxy) is 1. The van der Waals surface area contributed by atoms with E-state index in [1.165, 1.54) is 0 Å². The van der Waals surface area contributed by atoms with Gasteiger partial charge in [-0.3, -0.25) is 0 Å². The van der Waals surface area contributed by atoms with Gasteiger partial charge in [0, 0.05) is 4.47 Å². The molecule has 0 N–H and O–H groups in total. The molecule has 0 spiro atoms. The summed E-state index contributed by atoms with van der Waals surface area (Å²) in [5, 5.41) is 0. The van der Waals surface area contributed by atoms with Gasteiger partial charge in [-0.1, -0.05) is 41.2 Å². The highest BCUT2D eigenvalue weighted by Crippen LogP contribution is 2.27. The fourth-order valence-corrected chi connectivity index (χ4v) is 2.06. The molecule has 96 valence electrons. The second-order valence-electron chi connectivity index (χ2n) is 4.83. The maximum Gasteiger partial charge on any atom is 0.339 e. The van der Waals surface area contributed by atoms with E-state index in [9.17, 15) is 4.79 Å². The van der Waals surface area contributed by atoms with Crippen LogP contribution in [0.5, 0.6) is 0 Å². The van der Waals surface area contributed by atoms with Gasteiger partial charge in [0.25, 0.3) is 0 Å². The first-order chi connectivity index (χ1) is 8.30. The van der Waals surface area contributed by atoms with Crippen molar-refractivity contribution in [1.82, 2.24) is 0 Å². The summed E-state index contributed by atoms with van der Waals surface area (Å²) in [5.41, 5.74) is 1.55. The maximum atomic E-state index is 12.1. The van der Waals surface area contributed by atoms with Gasteiger partial charge in [-0.25, -0.2) is 4.79 Å². The minimum atomic E-state index is -0.517. The van der Waals surface area contributed by atoms with Crippen molar-refractivity contribution in [1.29, 1.82) is 0 Å². The zero-order valence-corrected chi connectivity index (χ0v) is 12.5. The Morgan fingerprint density at radius 2 is 1.78 bits per heavy atom. The van der Waals surface area contributed by atoms with E-state index >= 15 is 0 Å². The average Bonchev–Trinajstić information content (AvgIpc) is 2.25. The molecule has 0 saturated carbocycles. The number of hydrogen-bond donors (Lipinski definition) is 0. The van der Waals surface area contributed by atoms with Crippen LogP contribution < -0.4 is 0 Å². The number of benzene rings is 1. The highest BCUT2D eigenvalue weighted by atomic mass is 79.9. The van der Waals surface area contributed by atoms with Crippen LogP contribution in [0, 0.1) is 0 Å². The molecule has 0 radical (unpaired) electrons. The molecule has 0 aliphatic carbocycles. The van der Waals surface area contributed by atoms with Crippen LogP contribution in [0.2, 0.25) is 0 Å². The molecule has 1 aromatic rings. The Balaban J connectivity index is 3.29. The molecule has 0 aliphatic rings. The first-order valence-corrected chi connectivity index (χ1v) is 6.40. The number of hydrogen-bond acceptors (Lipinski definition) is 2. The molecule has 0 fully saturated rings. The summed E-state index contributed by atoms with van der Waals surface area (Å²) in [7, 11) is 0. The lowest BCUT2D eigenvalue weighted by atomic mass is 10.0. The van der Waals surface area contributed by atoms with Gasteiger partial charge in [0.15, 0.2) is 0 Å². The zero-order valence-electron chi connectivity index (χ0n) is 10.9. The number of halogens is 1. The van der Waals surface area contributed by atoms with Crippen LogP contribution in [-0.4, -0.2) is 11.6 Å². The van der Waals surface area contributed by atoms with Crippen molar-refractivity contribution in [2.75, 3.05) is 0 Å². The van der Waals surface area contributed by atoms with Gasteiger partial charge in [-0.15, -0.1) is 0 Å². The molecular formula is C15H17BrO2. The number of carbonyl (C=O) groups is 1. The Hall–Kier alpha value is -1.35. The Morgan fingerprint density at radius 3 is 2.22 bits per heavy atom. The zero-order chi connectivity index (χ0) is 13.9. The first-order valence-electron chi connectivity index (χ1n) is 5.61. The van der Waals surface area contributed by atoms with Crippen molar-refractivity contribution in [3.05, 3.63) is 46.5 Å². The van der Waals surface area contributed by atoms with Crippen molar-refractivity contribution < 1.29 is 9.53 Å². The normalized spacial score (nSPS) is 10.9. The van der Waals surface area contributed by atoms with Crippen molar-refractivity contribution in [3.8, 4) is 0 Å². The van der Waals surface area contributed by atoms with Crippen LogP contribution in [0.1, 0.15) is 42.3 Å². The molecule has 0 bridgehead atoms. The molecule has 0 aliphatic heterocycles. The maximum absolute atomic E-state index is 12.1. The number of esters is 1. The SMILES string of the molecule is C=Cc1c(Br)ccc(C(=O)OC(C)(C)C)c1C=C. The molecule has 0 heterocycles. The lowest BCUT2D eigenvalue weighted by Crippen LogP contribution is -2.24. The predicted octanol–water partition coefficient (Wildman–Crippen LogP) is 4.69. The van der Waals surface area contributed by atoms with Crippen LogP contribution in [0.15, 0.2) is 29.8 Å². The molecule has 0 saturated heterocycles. The largest absolute Gasteiger partial charge is 0.456 e. The molecule has 2 nitrogen and oxygen atoms in total. The molecule has 0 unspecified atom stereocenters. The van der Waals surface area contributed by atoms with E-state index in [1.807, 2.05) is 26.8 Å². The van der Waals surface area contributed by atoms with Crippen LogP contribution >= 0.6 is 15.9 Å². The van der Waals surface area contributed by atoms with Crippen molar-refractivity contribution in [2.24, 2.45) is 0 Å². The molecule has 1 aromatic carbocycles. The molecule has 0 aromatic heterocycles. The summed E-state index contributed by atoms with van der Waals surface area (Å²) in [6.45, 7) is 13.0. The third-order valence-corrected chi connectivity index (χ3v) is 2.95. The van der Waals surface area contributed by atoms with Crippen molar-refractivity contribution in [2.45, 2.75) is 26.4 Å². The van der Waals surface area contributed by atoms with E-state index in [1.54, 1.807) is 18.2 Å². The van der Waals surface area contributed by atoms with Crippen molar-refractivity contribution in [3.63, 3.8) is 0 Å². The summed E-state index contributed by atoms with van der Waals surface area (Å²) in [6, 6.07) is 3.53. The summed E-state index contributed by atoms with van der Waals surface area (Å²) < 4.78 is 6.24. The van der Waals surface area contributed by atoms with Gasteiger partial charge >= 0.3 is 5.97 Å². The van der Waals surface area contributed by atoms with Gasteiger partial charge in [0.05, 0.1) is 5.56 Å². The monoisotopic (exact) mass is 308 g/mol. The minimum Gasteiger partial charge on any atom is -0.456 e. The van der Waals surface area contributed by atoms with E-state index in [2.05, 4.69) is 29.1 Å². The van der Waals surface area contributed by atoms with Gasteiger partial charge in [-0.05, 0) is 44.0 Å². The Labute approximate surface area is 116 Å². The van der Waals surface area contributed by atoms with Gasteiger partial charge in [0.1, 0.15) is 5.60 Å². The third-order valence-electron chi connectivity index (χ3n) is 2.26.